The summed E-state index contributed by atoms with van der Waals surface area (Å²) in [6.45, 7) is 10.9. The lowest BCUT2D eigenvalue weighted by molar-refractivity contribution is -0.146. The molecule has 0 aromatic rings. The summed E-state index contributed by atoms with van der Waals surface area (Å²) in [6, 6.07) is 0. The monoisotopic (exact) mass is 473 g/mol. The van der Waals surface area contributed by atoms with Crippen molar-refractivity contribution in [2.24, 2.45) is 10.9 Å². The van der Waals surface area contributed by atoms with Crippen molar-refractivity contribution >= 4 is 46.7 Å². The second-order valence-electron chi connectivity index (χ2n) is 6.68. The smallest absolute Gasteiger partial charge is 0.308 e. The molecule has 24 heavy (non-hydrogen) atoms. The van der Waals surface area contributed by atoms with Gasteiger partial charge in [-0.05, 0) is 40.5 Å². The van der Waals surface area contributed by atoms with Gasteiger partial charge in [-0.25, -0.2) is 0 Å². The van der Waals surface area contributed by atoms with E-state index in [-0.39, 0.29) is 40.6 Å². The average molecular weight is 473 g/mol. The molecule has 1 N–H and O–H groups in total. The van der Waals surface area contributed by atoms with Gasteiger partial charge in [0, 0.05) is 40.9 Å². The Morgan fingerprint density at radius 2 is 1.92 bits per heavy atom. The van der Waals surface area contributed by atoms with E-state index in [1.54, 1.807) is 0 Å². The first-order valence-corrected chi connectivity index (χ1v) is 9.61. The molecule has 0 radical (unpaired) electrons. The Labute approximate surface area is 165 Å². The highest BCUT2D eigenvalue weighted by Crippen LogP contribution is 2.18. The van der Waals surface area contributed by atoms with Gasteiger partial charge in [-0.3, -0.25) is 14.0 Å². The van der Waals surface area contributed by atoms with Crippen LogP contribution >= 0.6 is 24.0 Å². The van der Waals surface area contributed by atoms with Gasteiger partial charge in [0.1, 0.15) is 0 Å². The maximum Gasteiger partial charge on any atom is 0.308 e. The van der Waals surface area contributed by atoms with Crippen molar-refractivity contribution in [1.29, 1.82) is 0 Å². The number of hydrogen-bond donors (Lipinski definition) is 1. The average Bonchev–Trinajstić information content (AvgIpc) is 2.52. The summed E-state index contributed by atoms with van der Waals surface area (Å²) in [4.78, 5) is 18.4. The van der Waals surface area contributed by atoms with Crippen LogP contribution in [0.3, 0.4) is 0 Å². The third kappa shape index (κ3) is 7.67. The zero-order valence-corrected chi connectivity index (χ0v) is 18.6. The molecule has 1 fully saturated rings. The molecular weight excluding hydrogens is 441 g/mol. The molecule has 142 valence electrons. The van der Waals surface area contributed by atoms with Gasteiger partial charge in [0.25, 0.3) is 0 Å². The summed E-state index contributed by atoms with van der Waals surface area (Å²) in [6.07, 6.45) is 1.57. The topological polar surface area (TPSA) is 71.0 Å². The van der Waals surface area contributed by atoms with Crippen molar-refractivity contribution in [3.05, 3.63) is 0 Å². The minimum atomic E-state index is -0.890. The summed E-state index contributed by atoms with van der Waals surface area (Å²) in [5.74, 6) is 1.29. The van der Waals surface area contributed by atoms with Crippen molar-refractivity contribution in [1.82, 2.24) is 10.2 Å². The van der Waals surface area contributed by atoms with E-state index in [0.717, 1.165) is 38.4 Å². The molecule has 1 saturated heterocycles. The zero-order valence-electron chi connectivity index (χ0n) is 15.5. The molecule has 0 spiro atoms. The van der Waals surface area contributed by atoms with Gasteiger partial charge in [0.05, 0.1) is 19.6 Å². The van der Waals surface area contributed by atoms with Crippen LogP contribution in [0.5, 0.6) is 0 Å². The molecular formula is C16H32IN3O3S. The first-order chi connectivity index (χ1) is 10.8. The lowest BCUT2D eigenvalue weighted by Crippen LogP contribution is -2.46. The van der Waals surface area contributed by atoms with Gasteiger partial charge in [0.15, 0.2) is 5.96 Å². The van der Waals surface area contributed by atoms with Crippen LogP contribution in [-0.2, 0) is 20.3 Å². The molecule has 0 aromatic carbocycles. The molecule has 1 heterocycles. The number of nitrogens with one attached hydrogen (secondary N) is 1. The molecule has 1 aliphatic rings. The molecule has 0 aromatic heterocycles. The molecule has 0 bridgehead atoms. The molecule has 0 amide bonds. The van der Waals surface area contributed by atoms with Crippen LogP contribution in [0.1, 0.15) is 40.5 Å². The highest BCUT2D eigenvalue weighted by molar-refractivity contribution is 14.0. The Hall–Kier alpha value is -0.380. The Bertz CT molecular complexity index is 444. The standard InChI is InChI=1S/C16H31N3O3S.HI/c1-6-17-15(18-9-12-23(21)16(2,3)4)19-10-7-13(8-11-19)14(20)22-5;/h13H,6-12H2,1-5H3,(H,17,18);1H. The summed E-state index contributed by atoms with van der Waals surface area (Å²) >= 11 is 0. The number of rotatable bonds is 5. The zero-order chi connectivity index (χ0) is 17.5. The van der Waals surface area contributed by atoms with Gasteiger partial charge in [-0.2, -0.15) is 0 Å². The minimum absolute atomic E-state index is 0. The van der Waals surface area contributed by atoms with Gasteiger partial charge in [-0.1, -0.05) is 0 Å². The lowest BCUT2D eigenvalue weighted by atomic mass is 9.97. The second kappa shape index (κ2) is 11.3. The summed E-state index contributed by atoms with van der Waals surface area (Å²) in [5.41, 5.74) is 0. The van der Waals surface area contributed by atoms with E-state index in [2.05, 4.69) is 15.2 Å². The van der Waals surface area contributed by atoms with Crippen LogP contribution < -0.4 is 5.32 Å². The molecule has 1 rings (SSSR count). The number of ether oxygens (including phenoxy) is 1. The highest BCUT2D eigenvalue weighted by atomic mass is 127. The van der Waals surface area contributed by atoms with E-state index in [9.17, 15) is 9.00 Å². The number of methoxy groups -OCH3 is 1. The molecule has 8 heteroatoms. The lowest BCUT2D eigenvalue weighted by Gasteiger charge is -2.33. The van der Waals surface area contributed by atoms with Crippen LogP contribution in [0.4, 0.5) is 0 Å². The molecule has 0 saturated carbocycles. The number of likely N-dealkylation sites (tertiary alicyclic amines) is 1. The van der Waals surface area contributed by atoms with Crippen LogP contribution in [0.15, 0.2) is 4.99 Å². The van der Waals surface area contributed by atoms with E-state index in [1.807, 2.05) is 27.7 Å². The number of piperidine rings is 1. The number of aliphatic imine (C=N–C) groups is 1. The third-order valence-electron chi connectivity index (χ3n) is 3.89. The first-order valence-electron chi connectivity index (χ1n) is 8.29. The first kappa shape index (κ1) is 23.6. The fourth-order valence-corrected chi connectivity index (χ4v) is 3.33. The molecule has 1 aliphatic heterocycles. The van der Waals surface area contributed by atoms with Crippen molar-refractivity contribution in [3.63, 3.8) is 0 Å². The van der Waals surface area contributed by atoms with Gasteiger partial charge < -0.3 is 15.0 Å². The molecule has 1 atom stereocenters. The predicted molar refractivity (Wildman–Crippen MR) is 110 cm³/mol. The van der Waals surface area contributed by atoms with Crippen LogP contribution in [0.2, 0.25) is 0 Å². The fraction of sp³-hybridized carbons (Fsp3) is 0.875. The van der Waals surface area contributed by atoms with Gasteiger partial charge in [-0.15, -0.1) is 24.0 Å². The number of esters is 1. The number of guanidine groups is 1. The molecule has 6 nitrogen and oxygen atoms in total. The normalized spacial score (nSPS) is 17.9. The van der Waals surface area contributed by atoms with Crippen LogP contribution in [-0.4, -0.2) is 64.8 Å². The number of carbonyl (C=O) groups is 1. The second-order valence-corrected chi connectivity index (χ2v) is 9.01. The largest absolute Gasteiger partial charge is 0.469 e. The summed E-state index contributed by atoms with van der Waals surface area (Å²) < 4.78 is 16.7. The molecule has 0 aliphatic carbocycles. The quantitative estimate of drug-likeness (QED) is 0.286. The van der Waals surface area contributed by atoms with E-state index >= 15 is 0 Å². The van der Waals surface area contributed by atoms with E-state index in [1.165, 1.54) is 7.11 Å². The van der Waals surface area contributed by atoms with E-state index in [4.69, 9.17) is 4.74 Å². The van der Waals surface area contributed by atoms with Gasteiger partial charge >= 0.3 is 5.97 Å². The maximum atomic E-state index is 12.1. The number of carbonyl (C=O) groups excluding carboxylic acids is 1. The molecule has 1 unspecified atom stereocenters. The van der Waals surface area contributed by atoms with E-state index < -0.39 is 10.8 Å². The van der Waals surface area contributed by atoms with Crippen LogP contribution in [0.25, 0.3) is 0 Å². The van der Waals surface area contributed by atoms with Gasteiger partial charge in [0.2, 0.25) is 0 Å². The van der Waals surface area contributed by atoms with Crippen LogP contribution in [0, 0.1) is 5.92 Å². The fourth-order valence-electron chi connectivity index (χ4n) is 2.46. The van der Waals surface area contributed by atoms with Crippen molar-refractivity contribution in [2.45, 2.75) is 45.3 Å². The van der Waals surface area contributed by atoms with Crippen molar-refractivity contribution in [2.75, 3.05) is 39.0 Å². The maximum absolute atomic E-state index is 12.1. The summed E-state index contributed by atoms with van der Waals surface area (Å²) in [7, 11) is 0.550. The third-order valence-corrected chi connectivity index (χ3v) is 5.80. The summed E-state index contributed by atoms with van der Waals surface area (Å²) in [5, 5.41) is 3.28. The SMILES string of the molecule is CCNC(=NCCS(=O)C(C)(C)C)N1CCC(C(=O)OC)CC1.I. The Kier molecular flexibility index (Phi) is 11.1. The van der Waals surface area contributed by atoms with Crippen molar-refractivity contribution < 1.29 is 13.7 Å². The number of hydrogen-bond acceptors (Lipinski definition) is 4. The van der Waals surface area contributed by atoms with Crippen molar-refractivity contribution in [3.8, 4) is 0 Å². The Morgan fingerprint density at radius 3 is 2.38 bits per heavy atom. The Morgan fingerprint density at radius 1 is 1.33 bits per heavy atom. The minimum Gasteiger partial charge on any atom is -0.469 e. The predicted octanol–water partition coefficient (Wildman–Crippen LogP) is 2.00. The number of nitrogens with zero attached hydrogens (tertiary/aromatic N) is 2. The Balaban J connectivity index is 0.00000529. The van der Waals surface area contributed by atoms with E-state index in [0.29, 0.717) is 12.3 Å². The number of halogens is 1. The highest BCUT2D eigenvalue weighted by Gasteiger charge is 2.27.